The Hall–Kier alpha value is -1.90. The van der Waals surface area contributed by atoms with Crippen molar-refractivity contribution >= 4 is 11.6 Å². The number of aliphatic hydroxyl groups excluding tert-OH is 2. The van der Waals surface area contributed by atoms with E-state index in [4.69, 9.17) is 4.74 Å². The number of ether oxygens (including phenoxy) is 1. The Kier molecular flexibility index (Phi) is 8.57. The largest absolute Gasteiger partial charge is 0.393 e. The number of aryl methyl sites for hydroxylation is 1. The minimum atomic E-state index is -0.883. The third-order valence-electron chi connectivity index (χ3n) is 9.57. The van der Waals surface area contributed by atoms with E-state index in [1.54, 1.807) is 23.9 Å². The summed E-state index contributed by atoms with van der Waals surface area (Å²) in [5.41, 5.74) is 0.801. The van der Waals surface area contributed by atoms with E-state index in [1.807, 2.05) is 11.0 Å². The SMILES string of the molecule is Cn1ccc(NC2CCCC3CCN(C(=O)C4C(O)CC(O)CC4OCC4CCCCC4)CC32)cc1=O. The molecule has 0 radical (unpaired) electrons. The lowest BCUT2D eigenvalue weighted by atomic mass is 9.71. The molecule has 3 N–H and O–H groups in total. The van der Waals surface area contributed by atoms with Crippen molar-refractivity contribution in [2.45, 2.75) is 95.0 Å². The first-order chi connectivity index (χ1) is 17.9. The number of hydrogen-bond donors (Lipinski definition) is 3. The zero-order valence-corrected chi connectivity index (χ0v) is 22.3. The van der Waals surface area contributed by atoms with Crippen LogP contribution < -0.4 is 10.9 Å². The smallest absolute Gasteiger partial charge is 0.252 e. The number of carbonyl (C=O) groups excluding carboxylic acids is 1. The van der Waals surface area contributed by atoms with Crippen LogP contribution in [0.25, 0.3) is 0 Å². The van der Waals surface area contributed by atoms with Gasteiger partial charge < -0.3 is 29.7 Å². The molecule has 1 aromatic heterocycles. The number of nitrogens with one attached hydrogen (secondary N) is 1. The fourth-order valence-corrected chi connectivity index (χ4v) is 7.39. The summed E-state index contributed by atoms with van der Waals surface area (Å²) in [6.07, 6.45) is 10.8. The number of aromatic nitrogens is 1. The van der Waals surface area contributed by atoms with Crippen molar-refractivity contribution in [3.05, 3.63) is 28.7 Å². The fourth-order valence-electron chi connectivity index (χ4n) is 7.39. The lowest BCUT2D eigenvalue weighted by molar-refractivity contribution is -0.162. The van der Waals surface area contributed by atoms with Gasteiger partial charge in [0.2, 0.25) is 5.91 Å². The molecule has 0 spiro atoms. The van der Waals surface area contributed by atoms with Gasteiger partial charge in [-0.15, -0.1) is 0 Å². The standard InChI is InChI=1S/C29H45N3O5/c1-31-12-11-21(14-27(31)35)30-24-9-5-8-20-10-13-32(17-23(20)24)29(36)28-25(34)15-22(33)16-26(28)37-18-19-6-3-2-4-7-19/h11-12,14,19-20,22-26,28,30,33-34H,2-10,13,15-18H2,1H3. The van der Waals surface area contributed by atoms with Crippen LogP contribution in [0.5, 0.6) is 0 Å². The Morgan fingerprint density at radius 1 is 1.08 bits per heavy atom. The first-order valence-electron chi connectivity index (χ1n) is 14.6. The minimum Gasteiger partial charge on any atom is -0.393 e. The molecular formula is C29H45N3O5. The Bertz CT molecular complexity index is 977. The van der Waals surface area contributed by atoms with Crippen LogP contribution in [-0.4, -0.2) is 69.6 Å². The molecule has 4 fully saturated rings. The number of piperidine rings is 1. The van der Waals surface area contributed by atoms with Gasteiger partial charge in [-0.1, -0.05) is 25.7 Å². The maximum atomic E-state index is 13.9. The van der Waals surface area contributed by atoms with Gasteiger partial charge >= 0.3 is 0 Å². The molecule has 1 amide bonds. The summed E-state index contributed by atoms with van der Waals surface area (Å²) in [5.74, 6) is 0.738. The fraction of sp³-hybridized carbons (Fsp3) is 0.793. The highest BCUT2D eigenvalue weighted by Crippen LogP contribution is 2.39. The van der Waals surface area contributed by atoms with Gasteiger partial charge in [0.25, 0.3) is 5.56 Å². The van der Waals surface area contributed by atoms with Crippen molar-refractivity contribution in [2.24, 2.45) is 30.7 Å². The van der Waals surface area contributed by atoms with Crippen LogP contribution in [0.15, 0.2) is 23.1 Å². The van der Waals surface area contributed by atoms with E-state index in [9.17, 15) is 19.8 Å². The normalized spacial score (nSPS) is 35.1. The van der Waals surface area contributed by atoms with Gasteiger partial charge in [-0.05, 0) is 55.9 Å². The predicted octanol–water partition coefficient (Wildman–Crippen LogP) is 2.91. The zero-order valence-electron chi connectivity index (χ0n) is 22.3. The monoisotopic (exact) mass is 515 g/mol. The third-order valence-corrected chi connectivity index (χ3v) is 9.57. The second-order valence-corrected chi connectivity index (χ2v) is 12.1. The molecule has 0 bridgehead atoms. The molecule has 0 aromatic carbocycles. The van der Waals surface area contributed by atoms with Gasteiger partial charge in [-0.25, -0.2) is 0 Å². The molecule has 8 nitrogen and oxygen atoms in total. The topological polar surface area (TPSA) is 104 Å². The van der Waals surface area contributed by atoms with Gasteiger partial charge in [0, 0.05) is 63.6 Å². The van der Waals surface area contributed by atoms with Crippen LogP contribution in [0.1, 0.15) is 70.6 Å². The van der Waals surface area contributed by atoms with Crippen LogP contribution in [0.3, 0.4) is 0 Å². The summed E-state index contributed by atoms with van der Waals surface area (Å²) < 4.78 is 7.87. The number of fused-ring (bicyclic) bond motifs is 1. The van der Waals surface area contributed by atoms with Crippen molar-refractivity contribution in [3.8, 4) is 0 Å². The molecule has 4 aliphatic rings. The molecule has 3 aliphatic carbocycles. The van der Waals surface area contributed by atoms with Crippen molar-refractivity contribution < 1.29 is 19.7 Å². The van der Waals surface area contributed by atoms with E-state index in [0.29, 0.717) is 43.9 Å². The number of likely N-dealkylation sites (tertiary alicyclic amines) is 1. The number of amides is 1. The maximum Gasteiger partial charge on any atom is 0.252 e. The Morgan fingerprint density at radius 2 is 1.89 bits per heavy atom. The summed E-state index contributed by atoms with van der Waals surface area (Å²) in [6, 6.07) is 3.79. The number of hydrogen-bond acceptors (Lipinski definition) is 6. The summed E-state index contributed by atoms with van der Waals surface area (Å²) in [5, 5.41) is 24.9. The Labute approximate surface area is 220 Å². The van der Waals surface area contributed by atoms with Crippen LogP contribution in [0.2, 0.25) is 0 Å². The predicted molar refractivity (Wildman–Crippen MR) is 142 cm³/mol. The van der Waals surface area contributed by atoms with E-state index < -0.39 is 24.2 Å². The van der Waals surface area contributed by atoms with Crippen molar-refractivity contribution in [2.75, 3.05) is 25.0 Å². The van der Waals surface area contributed by atoms with Gasteiger partial charge in [-0.3, -0.25) is 9.59 Å². The molecule has 1 aromatic rings. The number of rotatable bonds is 6. The molecule has 2 heterocycles. The van der Waals surface area contributed by atoms with Crippen molar-refractivity contribution in [1.82, 2.24) is 9.47 Å². The van der Waals surface area contributed by atoms with Crippen molar-refractivity contribution in [3.63, 3.8) is 0 Å². The molecule has 5 rings (SSSR count). The average Bonchev–Trinajstić information content (AvgIpc) is 2.89. The van der Waals surface area contributed by atoms with E-state index in [0.717, 1.165) is 37.8 Å². The molecular weight excluding hydrogens is 470 g/mol. The molecule has 8 heteroatoms. The molecule has 1 aliphatic heterocycles. The van der Waals surface area contributed by atoms with Gasteiger partial charge in [0.15, 0.2) is 0 Å². The molecule has 7 atom stereocenters. The van der Waals surface area contributed by atoms with Crippen molar-refractivity contribution in [1.29, 1.82) is 0 Å². The van der Waals surface area contributed by atoms with Gasteiger partial charge in [0.1, 0.15) is 0 Å². The highest BCUT2D eigenvalue weighted by Gasteiger charge is 2.46. The molecule has 37 heavy (non-hydrogen) atoms. The number of nitrogens with zero attached hydrogens (tertiary/aromatic N) is 2. The molecule has 206 valence electrons. The number of aliphatic hydroxyl groups is 2. The Balaban J connectivity index is 1.26. The van der Waals surface area contributed by atoms with Crippen LogP contribution in [0, 0.1) is 23.7 Å². The quantitative estimate of drug-likeness (QED) is 0.538. The number of anilines is 1. The molecule has 7 unspecified atom stereocenters. The number of pyridine rings is 1. The second-order valence-electron chi connectivity index (χ2n) is 12.1. The average molecular weight is 516 g/mol. The van der Waals surface area contributed by atoms with Gasteiger partial charge in [-0.2, -0.15) is 0 Å². The minimum absolute atomic E-state index is 0.0237. The summed E-state index contributed by atoms with van der Waals surface area (Å²) in [4.78, 5) is 28.0. The van der Waals surface area contributed by atoms with Crippen LogP contribution in [-0.2, 0) is 16.6 Å². The van der Waals surface area contributed by atoms with E-state index in [1.165, 1.54) is 25.7 Å². The van der Waals surface area contributed by atoms with E-state index in [2.05, 4.69) is 5.32 Å². The summed E-state index contributed by atoms with van der Waals surface area (Å²) in [6.45, 7) is 1.98. The number of carbonyl (C=O) groups is 1. The highest BCUT2D eigenvalue weighted by molar-refractivity contribution is 5.80. The zero-order chi connectivity index (χ0) is 25.9. The first-order valence-corrected chi connectivity index (χ1v) is 14.6. The highest BCUT2D eigenvalue weighted by atomic mass is 16.5. The first kappa shape index (κ1) is 26.7. The Morgan fingerprint density at radius 3 is 2.68 bits per heavy atom. The lowest BCUT2D eigenvalue weighted by Crippen LogP contribution is -2.57. The summed E-state index contributed by atoms with van der Waals surface area (Å²) >= 11 is 0. The molecule has 1 saturated heterocycles. The third kappa shape index (κ3) is 6.23. The van der Waals surface area contributed by atoms with Crippen LogP contribution in [0.4, 0.5) is 5.69 Å². The summed E-state index contributed by atoms with van der Waals surface area (Å²) in [7, 11) is 1.75. The maximum absolute atomic E-state index is 13.9. The second kappa shape index (κ2) is 11.9. The van der Waals surface area contributed by atoms with Crippen LogP contribution >= 0.6 is 0 Å². The van der Waals surface area contributed by atoms with Gasteiger partial charge in [0.05, 0.1) is 24.2 Å². The lowest BCUT2D eigenvalue weighted by Gasteiger charge is -2.47. The van der Waals surface area contributed by atoms with E-state index in [-0.39, 0.29) is 23.9 Å². The van der Waals surface area contributed by atoms with E-state index >= 15 is 0 Å². The molecule has 3 saturated carbocycles.